The minimum atomic E-state index is -0.638. The van der Waals surface area contributed by atoms with E-state index in [0.29, 0.717) is 11.4 Å². The normalized spacial score (nSPS) is 10.8. The van der Waals surface area contributed by atoms with E-state index in [1.807, 2.05) is 0 Å². The topological polar surface area (TPSA) is 86.2 Å². The summed E-state index contributed by atoms with van der Waals surface area (Å²) >= 11 is 0. The molecule has 0 unspecified atom stereocenters. The Morgan fingerprint density at radius 1 is 1.12 bits per heavy atom. The second kappa shape index (κ2) is 6.35. The Bertz CT molecular complexity index is 967. The van der Waals surface area contributed by atoms with Gasteiger partial charge in [-0.25, -0.2) is 8.78 Å². The quantitative estimate of drug-likeness (QED) is 0.632. The van der Waals surface area contributed by atoms with Crippen LogP contribution in [-0.2, 0) is 6.42 Å². The molecular formula is C18H14F2N2O3. The second-order valence-corrected chi connectivity index (χ2v) is 5.63. The Labute approximate surface area is 141 Å². The molecule has 0 aliphatic carbocycles. The highest BCUT2D eigenvalue weighted by Gasteiger charge is 2.16. The van der Waals surface area contributed by atoms with E-state index in [9.17, 15) is 23.8 Å². The standard InChI is InChI=1S/C18H14F2N2O3/c1-9(23)14-7-12(20)4-10(18(14)25)5-13-8-16(22-21-13)15-6-11(19)2-3-17(15)24/h2-4,6-8,24-25H,5H2,1H3,(H,21,22). The molecule has 3 N–H and O–H groups in total. The number of ketones is 1. The van der Waals surface area contributed by atoms with Crippen molar-refractivity contribution >= 4 is 5.78 Å². The third-order valence-electron chi connectivity index (χ3n) is 3.78. The second-order valence-electron chi connectivity index (χ2n) is 5.63. The van der Waals surface area contributed by atoms with Crippen molar-refractivity contribution in [2.24, 2.45) is 0 Å². The first-order valence-electron chi connectivity index (χ1n) is 7.40. The largest absolute Gasteiger partial charge is 0.507 e. The lowest BCUT2D eigenvalue weighted by molar-refractivity contribution is 0.101. The van der Waals surface area contributed by atoms with Gasteiger partial charge in [-0.1, -0.05) is 0 Å². The predicted octanol–water partition coefficient (Wildman–Crippen LogP) is 3.56. The first kappa shape index (κ1) is 16.6. The molecule has 0 bridgehead atoms. The van der Waals surface area contributed by atoms with Gasteiger partial charge >= 0.3 is 0 Å². The maximum Gasteiger partial charge on any atom is 0.163 e. The van der Waals surface area contributed by atoms with Crippen molar-refractivity contribution in [1.82, 2.24) is 10.2 Å². The van der Waals surface area contributed by atoms with Crippen molar-refractivity contribution < 1.29 is 23.8 Å². The number of carbonyl (C=O) groups excluding carboxylic acids is 1. The van der Waals surface area contributed by atoms with Crippen LogP contribution in [0.15, 0.2) is 36.4 Å². The molecule has 3 aromatic rings. The highest BCUT2D eigenvalue weighted by molar-refractivity contribution is 5.97. The molecule has 0 spiro atoms. The predicted molar refractivity (Wildman–Crippen MR) is 86.5 cm³/mol. The molecular weight excluding hydrogens is 330 g/mol. The summed E-state index contributed by atoms with van der Waals surface area (Å²) in [4.78, 5) is 11.5. The zero-order chi connectivity index (χ0) is 18.1. The molecule has 2 aromatic carbocycles. The number of aromatic nitrogens is 2. The number of aromatic hydroxyl groups is 2. The van der Waals surface area contributed by atoms with Gasteiger partial charge in [-0.05, 0) is 43.3 Å². The molecule has 0 atom stereocenters. The Balaban J connectivity index is 1.95. The lowest BCUT2D eigenvalue weighted by Gasteiger charge is -2.07. The van der Waals surface area contributed by atoms with Crippen LogP contribution in [0.25, 0.3) is 11.3 Å². The molecule has 0 aliphatic rings. The smallest absolute Gasteiger partial charge is 0.163 e. The number of phenols is 2. The van der Waals surface area contributed by atoms with Crippen LogP contribution in [0.4, 0.5) is 8.78 Å². The molecule has 0 radical (unpaired) electrons. The van der Waals surface area contributed by atoms with Gasteiger partial charge in [0.2, 0.25) is 0 Å². The molecule has 25 heavy (non-hydrogen) atoms. The Kier molecular flexibility index (Phi) is 4.22. The molecule has 0 fully saturated rings. The third kappa shape index (κ3) is 3.35. The summed E-state index contributed by atoms with van der Waals surface area (Å²) in [7, 11) is 0. The molecule has 0 saturated carbocycles. The zero-order valence-electron chi connectivity index (χ0n) is 13.2. The van der Waals surface area contributed by atoms with E-state index in [2.05, 4.69) is 10.2 Å². The van der Waals surface area contributed by atoms with E-state index in [0.717, 1.165) is 24.3 Å². The fourth-order valence-electron chi connectivity index (χ4n) is 2.57. The van der Waals surface area contributed by atoms with Crippen molar-refractivity contribution in [3.63, 3.8) is 0 Å². The van der Waals surface area contributed by atoms with E-state index < -0.39 is 17.4 Å². The average Bonchev–Trinajstić information content (AvgIpc) is 3.01. The van der Waals surface area contributed by atoms with Gasteiger partial charge in [0.1, 0.15) is 23.1 Å². The molecule has 5 nitrogen and oxygen atoms in total. The van der Waals surface area contributed by atoms with E-state index in [1.54, 1.807) is 6.07 Å². The number of hydrogen-bond acceptors (Lipinski definition) is 4. The summed E-state index contributed by atoms with van der Waals surface area (Å²) in [5.74, 6) is -2.04. The molecule has 7 heteroatoms. The lowest BCUT2D eigenvalue weighted by Crippen LogP contribution is -1.99. The number of benzene rings is 2. The average molecular weight is 344 g/mol. The monoisotopic (exact) mass is 344 g/mol. The van der Waals surface area contributed by atoms with Gasteiger partial charge in [0, 0.05) is 23.2 Å². The number of nitrogens with zero attached hydrogens (tertiary/aromatic N) is 1. The molecule has 1 heterocycles. The summed E-state index contributed by atoms with van der Waals surface area (Å²) in [5, 5.41) is 26.6. The van der Waals surface area contributed by atoms with Crippen LogP contribution >= 0.6 is 0 Å². The minimum absolute atomic E-state index is 0.0763. The SMILES string of the molecule is CC(=O)c1cc(F)cc(Cc2cc(-c3cc(F)ccc3O)n[nH]2)c1O. The Hall–Kier alpha value is -3.22. The van der Waals surface area contributed by atoms with Crippen LogP contribution in [0.2, 0.25) is 0 Å². The number of H-pyrrole nitrogens is 1. The molecule has 128 valence electrons. The number of halogens is 2. The number of carbonyl (C=O) groups is 1. The van der Waals surface area contributed by atoms with Gasteiger partial charge in [-0.2, -0.15) is 5.10 Å². The number of phenolic OH excluding ortho intramolecular Hbond substituents is 2. The summed E-state index contributed by atoms with van der Waals surface area (Å²) in [6.07, 6.45) is 0.0763. The molecule has 1 aromatic heterocycles. The van der Waals surface area contributed by atoms with E-state index >= 15 is 0 Å². The van der Waals surface area contributed by atoms with Gasteiger partial charge in [-0.3, -0.25) is 9.89 Å². The third-order valence-corrected chi connectivity index (χ3v) is 3.78. The van der Waals surface area contributed by atoms with Gasteiger partial charge in [0.25, 0.3) is 0 Å². The summed E-state index contributed by atoms with van der Waals surface area (Å²) in [6.45, 7) is 1.24. The van der Waals surface area contributed by atoms with Crippen molar-refractivity contribution in [3.05, 3.63) is 64.9 Å². The van der Waals surface area contributed by atoms with E-state index in [1.165, 1.54) is 13.0 Å². The maximum absolute atomic E-state index is 13.7. The maximum atomic E-state index is 13.7. The van der Waals surface area contributed by atoms with Crippen LogP contribution < -0.4 is 0 Å². The molecule has 0 aliphatic heterocycles. The van der Waals surface area contributed by atoms with E-state index in [-0.39, 0.29) is 34.6 Å². The van der Waals surface area contributed by atoms with E-state index in [4.69, 9.17) is 0 Å². The van der Waals surface area contributed by atoms with Gasteiger partial charge in [0.15, 0.2) is 5.78 Å². The minimum Gasteiger partial charge on any atom is -0.507 e. The number of rotatable bonds is 4. The van der Waals surface area contributed by atoms with Crippen LogP contribution in [0, 0.1) is 11.6 Å². The first-order valence-corrected chi connectivity index (χ1v) is 7.40. The van der Waals surface area contributed by atoms with Crippen LogP contribution in [0.3, 0.4) is 0 Å². The first-order chi connectivity index (χ1) is 11.8. The highest BCUT2D eigenvalue weighted by Crippen LogP contribution is 2.30. The van der Waals surface area contributed by atoms with Crippen molar-refractivity contribution in [3.8, 4) is 22.8 Å². The number of hydrogen-bond donors (Lipinski definition) is 3. The molecule has 3 rings (SSSR count). The van der Waals surface area contributed by atoms with Crippen molar-refractivity contribution in [2.75, 3.05) is 0 Å². The number of Topliss-reactive ketones (excluding diaryl/α,β-unsaturated/α-hetero) is 1. The summed E-state index contributed by atoms with van der Waals surface area (Å²) < 4.78 is 27.0. The summed E-state index contributed by atoms with van der Waals surface area (Å²) in [6, 6.07) is 7.14. The van der Waals surface area contributed by atoms with Gasteiger partial charge in [-0.15, -0.1) is 0 Å². The van der Waals surface area contributed by atoms with Crippen LogP contribution in [0.1, 0.15) is 28.5 Å². The van der Waals surface area contributed by atoms with Crippen LogP contribution in [0.5, 0.6) is 11.5 Å². The van der Waals surface area contributed by atoms with Gasteiger partial charge in [0.05, 0.1) is 11.3 Å². The fraction of sp³-hybridized carbons (Fsp3) is 0.111. The number of aromatic amines is 1. The summed E-state index contributed by atoms with van der Waals surface area (Å²) in [5.41, 5.74) is 1.11. The Morgan fingerprint density at radius 3 is 2.60 bits per heavy atom. The fourth-order valence-corrected chi connectivity index (χ4v) is 2.57. The van der Waals surface area contributed by atoms with Crippen molar-refractivity contribution in [2.45, 2.75) is 13.3 Å². The highest BCUT2D eigenvalue weighted by atomic mass is 19.1. The number of nitrogens with one attached hydrogen (secondary N) is 1. The molecule has 0 amide bonds. The lowest BCUT2D eigenvalue weighted by atomic mass is 10.0. The Morgan fingerprint density at radius 2 is 1.88 bits per heavy atom. The molecule has 0 saturated heterocycles. The zero-order valence-corrected chi connectivity index (χ0v) is 13.2. The van der Waals surface area contributed by atoms with Gasteiger partial charge < -0.3 is 10.2 Å². The van der Waals surface area contributed by atoms with Crippen molar-refractivity contribution in [1.29, 1.82) is 0 Å². The van der Waals surface area contributed by atoms with Crippen LogP contribution in [-0.4, -0.2) is 26.2 Å².